The van der Waals surface area contributed by atoms with Gasteiger partial charge in [-0.25, -0.2) is 0 Å². The van der Waals surface area contributed by atoms with E-state index in [2.05, 4.69) is 6.58 Å². The Bertz CT molecular complexity index is 92.6. The van der Waals surface area contributed by atoms with Crippen LogP contribution in [0.3, 0.4) is 0 Å². The van der Waals surface area contributed by atoms with Crippen LogP contribution in [0.1, 0.15) is 19.3 Å². The van der Waals surface area contributed by atoms with Gasteiger partial charge in [-0.3, -0.25) is 0 Å². The molecule has 1 rings (SSSR count). The summed E-state index contributed by atoms with van der Waals surface area (Å²) < 4.78 is 0. The Hall–Kier alpha value is -0.300. The van der Waals surface area contributed by atoms with Gasteiger partial charge in [-0.05, 0) is 25.2 Å². The van der Waals surface area contributed by atoms with Gasteiger partial charge in [0, 0.05) is 6.61 Å². The first-order chi connectivity index (χ1) is 3.84. The number of aliphatic hydroxyl groups excluding tert-OH is 1. The Kier molecular flexibility index (Phi) is 1.69. The Morgan fingerprint density at radius 3 is 2.62 bits per heavy atom. The molecule has 0 bridgehead atoms. The van der Waals surface area contributed by atoms with E-state index in [0.29, 0.717) is 0 Å². The normalized spacial score (nSPS) is 18.6. The number of rotatable bonds is 3. The van der Waals surface area contributed by atoms with Crippen molar-refractivity contribution in [3.05, 3.63) is 12.2 Å². The molecule has 1 aliphatic carbocycles. The van der Waals surface area contributed by atoms with E-state index in [9.17, 15) is 0 Å². The van der Waals surface area contributed by atoms with Gasteiger partial charge in [0.1, 0.15) is 0 Å². The summed E-state index contributed by atoms with van der Waals surface area (Å²) in [5.74, 6) is 0.766. The average molecular weight is 112 g/mol. The molecule has 1 fully saturated rings. The smallest absolute Gasteiger partial charge is 0.0468 e. The summed E-state index contributed by atoms with van der Waals surface area (Å²) in [5.41, 5.74) is 1.24. The Balaban J connectivity index is 2.13. The highest BCUT2D eigenvalue weighted by molar-refractivity contribution is 5.06. The van der Waals surface area contributed by atoms with Crippen LogP contribution in [0.2, 0.25) is 0 Å². The molecule has 0 aliphatic heterocycles. The lowest BCUT2D eigenvalue weighted by Crippen LogP contribution is -1.87. The molecule has 0 heterocycles. The van der Waals surface area contributed by atoms with Crippen LogP contribution >= 0.6 is 0 Å². The highest BCUT2D eigenvalue weighted by Gasteiger charge is 2.23. The zero-order valence-corrected chi connectivity index (χ0v) is 5.06. The lowest BCUT2D eigenvalue weighted by Gasteiger charge is -1.96. The molecule has 1 nitrogen and oxygen atoms in total. The average Bonchev–Trinajstić information content (AvgIpc) is 2.45. The number of hydrogen-bond acceptors (Lipinski definition) is 1. The van der Waals surface area contributed by atoms with Gasteiger partial charge in [0.25, 0.3) is 0 Å². The topological polar surface area (TPSA) is 20.2 Å². The van der Waals surface area contributed by atoms with Crippen molar-refractivity contribution in [3.63, 3.8) is 0 Å². The molecule has 0 aromatic rings. The minimum absolute atomic E-state index is 0.273. The summed E-state index contributed by atoms with van der Waals surface area (Å²) in [6.07, 6.45) is 3.42. The predicted octanol–water partition coefficient (Wildman–Crippen LogP) is 1.33. The molecule has 46 valence electrons. The molecule has 0 amide bonds. The molecular weight excluding hydrogens is 100 g/mol. The molecule has 0 saturated heterocycles. The Morgan fingerprint density at radius 1 is 1.62 bits per heavy atom. The van der Waals surface area contributed by atoms with Crippen molar-refractivity contribution >= 4 is 0 Å². The van der Waals surface area contributed by atoms with E-state index in [0.717, 1.165) is 12.3 Å². The van der Waals surface area contributed by atoms with Crippen molar-refractivity contribution in [2.24, 2.45) is 5.92 Å². The van der Waals surface area contributed by atoms with E-state index < -0.39 is 0 Å². The zero-order valence-electron chi connectivity index (χ0n) is 5.06. The fraction of sp³-hybridized carbons (Fsp3) is 0.714. The lowest BCUT2D eigenvalue weighted by atomic mass is 10.1. The Morgan fingerprint density at radius 2 is 2.25 bits per heavy atom. The van der Waals surface area contributed by atoms with Crippen LogP contribution in [0.25, 0.3) is 0 Å². The number of hydrogen-bond donors (Lipinski definition) is 1. The molecule has 1 saturated carbocycles. The van der Waals surface area contributed by atoms with Crippen molar-refractivity contribution in [2.45, 2.75) is 19.3 Å². The maximum atomic E-state index is 8.45. The molecule has 0 unspecified atom stereocenters. The van der Waals surface area contributed by atoms with Gasteiger partial charge < -0.3 is 5.11 Å². The van der Waals surface area contributed by atoms with Gasteiger partial charge >= 0.3 is 0 Å². The molecule has 0 spiro atoms. The summed E-state index contributed by atoms with van der Waals surface area (Å²) in [7, 11) is 0. The van der Waals surface area contributed by atoms with Gasteiger partial charge in [0.05, 0.1) is 0 Å². The summed E-state index contributed by atoms with van der Waals surface area (Å²) in [4.78, 5) is 0. The van der Waals surface area contributed by atoms with E-state index in [-0.39, 0.29) is 6.61 Å². The third-order valence-electron chi connectivity index (χ3n) is 1.59. The van der Waals surface area contributed by atoms with Crippen LogP contribution in [0.15, 0.2) is 12.2 Å². The second kappa shape index (κ2) is 2.31. The number of aliphatic hydroxyl groups is 1. The monoisotopic (exact) mass is 112 g/mol. The van der Waals surface area contributed by atoms with E-state index in [4.69, 9.17) is 5.11 Å². The molecule has 1 heteroatoms. The van der Waals surface area contributed by atoms with E-state index in [1.165, 1.54) is 18.4 Å². The second-order valence-electron chi connectivity index (χ2n) is 2.41. The lowest BCUT2D eigenvalue weighted by molar-refractivity contribution is 0.297. The standard InChI is InChI=1S/C7H12O/c1-6(4-5-8)7-2-3-7/h7-8H,1-5H2. The first-order valence-corrected chi connectivity index (χ1v) is 3.13. The highest BCUT2D eigenvalue weighted by atomic mass is 16.2. The molecule has 0 aromatic heterocycles. The van der Waals surface area contributed by atoms with Crippen molar-refractivity contribution in [1.82, 2.24) is 0 Å². The minimum atomic E-state index is 0.273. The minimum Gasteiger partial charge on any atom is -0.396 e. The molecule has 0 radical (unpaired) electrons. The van der Waals surface area contributed by atoms with E-state index in [1.807, 2.05) is 0 Å². The van der Waals surface area contributed by atoms with Gasteiger partial charge in [0.15, 0.2) is 0 Å². The quantitative estimate of drug-likeness (QED) is 0.546. The molecule has 1 N–H and O–H groups in total. The third kappa shape index (κ3) is 1.34. The highest BCUT2D eigenvalue weighted by Crippen LogP contribution is 2.36. The third-order valence-corrected chi connectivity index (χ3v) is 1.59. The van der Waals surface area contributed by atoms with Crippen LogP contribution in [0.4, 0.5) is 0 Å². The molecule has 8 heavy (non-hydrogen) atoms. The van der Waals surface area contributed by atoms with Gasteiger partial charge in [-0.15, -0.1) is 0 Å². The van der Waals surface area contributed by atoms with Crippen molar-refractivity contribution < 1.29 is 5.11 Å². The molecule has 1 aliphatic rings. The molecule has 0 aromatic carbocycles. The first-order valence-electron chi connectivity index (χ1n) is 3.13. The van der Waals surface area contributed by atoms with Crippen LogP contribution in [-0.2, 0) is 0 Å². The maximum Gasteiger partial charge on any atom is 0.0468 e. The van der Waals surface area contributed by atoms with Crippen molar-refractivity contribution in [1.29, 1.82) is 0 Å². The summed E-state index contributed by atoms with van der Waals surface area (Å²) in [6.45, 7) is 4.12. The predicted molar refractivity (Wildman–Crippen MR) is 33.6 cm³/mol. The van der Waals surface area contributed by atoms with Crippen LogP contribution < -0.4 is 0 Å². The van der Waals surface area contributed by atoms with E-state index >= 15 is 0 Å². The summed E-state index contributed by atoms with van der Waals surface area (Å²) >= 11 is 0. The van der Waals surface area contributed by atoms with Crippen molar-refractivity contribution in [2.75, 3.05) is 6.61 Å². The van der Waals surface area contributed by atoms with Gasteiger partial charge in [-0.1, -0.05) is 12.2 Å². The fourth-order valence-electron chi connectivity index (χ4n) is 0.839. The summed E-state index contributed by atoms with van der Waals surface area (Å²) in [5, 5.41) is 8.45. The largest absolute Gasteiger partial charge is 0.396 e. The summed E-state index contributed by atoms with van der Waals surface area (Å²) in [6, 6.07) is 0. The molecule has 0 atom stereocenters. The zero-order chi connectivity index (χ0) is 5.98. The van der Waals surface area contributed by atoms with Gasteiger partial charge in [0.2, 0.25) is 0 Å². The van der Waals surface area contributed by atoms with Gasteiger partial charge in [-0.2, -0.15) is 0 Å². The Labute approximate surface area is 50.0 Å². The van der Waals surface area contributed by atoms with Crippen LogP contribution in [0.5, 0.6) is 0 Å². The molecular formula is C7H12O. The SMILES string of the molecule is C=C(CCO)C1CC1. The first kappa shape index (κ1) is 5.83. The van der Waals surface area contributed by atoms with E-state index in [1.54, 1.807) is 0 Å². The van der Waals surface area contributed by atoms with Crippen LogP contribution in [-0.4, -0.2) is 11.7 Å². The second-order valence-corrected chi connectivity index (χ2v) is 2.41. The van der Waals surface area contributed by atoms with Crippen LogP contribution in [0, 0.1) is 5.92 Å². The maximum absolute atomic E-state index is 8.45. The fourth-order valence-corrected chi connectivity index (χ4v) is 0.839. The van der Waals surface area contributed by atoms with Crippen molar-refractivity contribution in [3.8, 4) is 0 Å².